The highest BCUT2D eigenvalue weighted by atomic mass is 16.6. The van der Waals surface area contributed by atoms with Crippen LogP contribution in [0.25, 0.3) is 0 Å². The molecule has 0 saturated carbocycles. The largest absolute Gasteiger partial charge is 0.444 e. The second-order valence-corrected chi connectivity index (χ2v) is 8.70. The fourth-order valence-electron chi connectivity index (χ4n) is 3.31. The predicted molar refractivity (Wildman–Crippen MR) is 106 cm³/mol. The van der Waals surface area contributed by atoms with Gasteiger partial charge >= 0.3 is 6.09 Å². The van der Waals surface area contributed by atoms with Crippen molar-refractivity contribution in [3.63, 3.8) is 0 Å². The summed E-state index contributed by atoms with van der Waals surface area (Å²) in [6.45, 7) is 16.0. The molecule has 1 aromatic carbocycles. The molecule has 2 atom stereocenters. The van der Waals surface area contributed by atoms with Gasteiger partial charge in [-0.25, -0.2) is 4.79 Å². The van der Waals surface area contributed by atoms with Crippen LogP contribution < -0.4 is 0 Å². The second kappa shape index (κ2) is 8.03. The summed E-state index contributed by atoms with van der Waals surface area (Å²) in [5.41, 5.74) is -0.928. The van der Waals surface area contributed by atoms with Crippen LogP contribution in [0, 0.1) is 0 Å². The minimum absolute atomic E-state index is 0.288. The first-order valence-electron chi connectivity index (χ1n) is 9.43. The molecule has 0 radical (unpaired) electrons. The quantitative estimate of drug-likeness (QED) is 0.663. The second-order valence-electron chi connectivity index (χ2n) is 8.70. The monoisotopic (exact) mass is 375 g/mol. The van der Waals surface area contributed by atoms with Crippen molar-refractivity contribution in [2.75, 3.05) is 6.61 Å². The van der Waals surface area contributed by atoms with E-state index in [0.29, 0.717) is 19.6 Å². The van der Waals surface area contributed by atoms with Gasteiger partial charge < -0.3 is 14.2 Å². The SMILES string of the molecule is C=CCC(C)(OCc1ccccc1)[C@@H]1COC(C)(C)N1C(=O)OC(C)(C)C. The first kappa shape index (κ1) is 21.5. The highest BCUT2D eigenvalue weighted by Gasteiger charge is 2.53. The highest BCUT2D eigenvalue weighted by Crippen LogP contribution is 2.38. The number of ether oxygens (including phenoxy) is 3. The standard InChI is InChI=1S/C22H33NO4/c1-8-14-22(7,26-15-17-12-10-9-11-13-17)18-16-25-21(5,6)23(18)19(24)27-20(2,3)4/h8-13,18H,1,14-16H2,2-7H3/t18-,22?/m0/s1. The van der Waals surface area contributed by atoms with Crippen molar-refractivity contribution in [1.82, 2.24) is 4.90 Å². The summed E-state index contributed by atoms with van der Waals surface area (Å²) >= 11 is 0. The van der Waals surface area contributed by atoms with Gasteiger partial charge in [0.1, 0.15) is 11.3 Å². The summed E-state index contributed by atoms with van der Waals surface area (Å²) in [4.78, 5) is 14.6. The molecule has 1 aromatic rings. The van der Waals surface area contributed by atoms with E-state index in [0.717, 1.165) is 5.56 Å². The van der Waals surface area contributed by atoms with E-state index in [-0.39, 0.29) is 6.04 Å². The van der Waals surface area contributed by atoms with Crippen LogP contribution in [-0.4, -0.2) is 40.6 Å². The van der Waals surface area contributed by atoms with E-state index >= 15 is 0 Å². The summed E-state index contributed by atoms with van der Waals surface area (Å²) in [6.07, 6.45) is 2.01. The van der Waals surface area contributed by atoms with Gasteiger partial charge in [0, 0.05) is 0 Å². The number of nitrogens with zero attached hydrogens (tertiary/aromatic N) is 1. The summed E-state index contributed by atoms with van der Waals surface area (Å²) in [5.74, 6) is 0. The van der Waals surface area contributed by atoms with Crippen LogP contribution in [0.3, 0.4) is 0 Å². The van der Waals surface area contributed by atoms with Gasteiger partial charge in [-0.2, -0.15) is 0 Å². The maximum atomic E-state index is 13.0. The van der Waals surface area contributed by atoms with E-state index in [1.807, 2.05) is 78.0 Å². The fourth-order valence-corrected chi connectivity index (χ4v) is 3.31. The molecule has 1 fully saturated rings. The molecular weight excluding hydrogens is 342 g/mol. The number of hydrogen-bond donors (Lipinski definition) is 0. The van der Waals surface area contributed by atoms with Crippen molar-refractivity contribution in [1.29, 1.82) is 0 Å². The first-order chi connectivity index (χ1) is 12.5. The number of carbonyl (C=O) groups is 1. The third-order valence-corrected chi connectivity index (χ3v) is 4.74. The summed E-state index contributed by atoms with van der Waals surface area (Å²) in [6, 6.07) is 9.70. The van der Waals surface area contributed by atoms with Crippen molar-refractivity contribution in [2.45, 2.75) is 77.5 Å². The minimum atomic E-state index is -0.772. The van der Waals surface area contributed by atoms with E-state index in [1.54, 1.807) is 4.90 Å². The van der Waals surface area contributed by atoms with E-state index in [2.05, 4.69) is 6.58 Å². The number of rotatable bonds is 6. The van der Waals surface area contributed by atoms with Crippen molar-refractivity contribution < 1.29 is 19.0 Å². The molecule has 5 nitrogen and oxygen atoms in total. The summed E-state index contributed by atoms with van der Waals surface area (Å²) in [5, 5.41) is 0. The Balaban J connectivity index is 2.26. The fraction of sp³-hybridized carbons (Fsp3) is 0.591. The third-order valence-electron chi connectivity index (χ3n) is 4.74. The van der Waals surface area contributed by atoms with Crippen molar-refractivity contribution >= 4 is 6.09 Å². The molecule has 1 amide bonds. The lowest BCUT2D eigenvalue weighted by Crippen LogP contribution is -2.58. The van der Waals surface area contributed by atoms with E-state index in [9.17, 15) is 4.79 Å². The summed E-state index contributed by atoms with van der Waals surface area (Å²) < 4.78 is 17.9. The Morgan fingerprint density at radius 2 is 1.93 bits per heavy atom. The third kappa shape index (κ3) is 5.33. The molecule has 1 aliphatic rings. The Hall–Kier alpha value is -1.85. The zero-order chi connectivity index (χ0) is 20.3. The molecule has 0 bridgehead atoms. The number of amides is 1. The van der Waals surface area contributed by atoms with Gasteiger partial charge in [0.25, 0.3) is 0 Å². The zero-order valence-electron chi connectivity index (χ0n) is 17.5. The smallest absolute Gasteiger partial charge is 0.413 e. The molecule has 5 heteroatoms. The van der Waals surface area contributed by atoms with Crippen LogP contribution >= 0.6 is 0 Å². The number of carbonyl (C=O) groups excluding carboxylic acids is 1. The molecule has 27 heavy (non-hydrogen) atoms. The highest BCUT2D eigenvalue weighted by molar-refractivity contribution is 5.70. The number of hydrogen-bond acceptors (Lipinski definition) is 4. The van der Waals surface area contributed by atoms with Gasteiger partial charge in [-0.3, -0.25) is 4.90 Å². The Morgan fingerprint density at radius 3 is 2.48 bits per heavy atom. The van der Waals surface area contributed by atoms with Gasteiger partial charge in [0.2, 0.25) is 0 Å². The molecule has 150 valence electrons. The molecule has 0 N–H and O–H groups in total. The van der Waals surface area contributed by atoms with Crippen LogP contribution in [-0.2, 0) is 20.8 Å². The topological polar surface area (TPSA) is 48.0 Å². The average molecular weight is 376 g/mol. The van der Waals surface area contributed by atoms with Gasteiger partial charge in [0.15, 0.2) is 0 Å². The van der Waals surface area contributed by atoms with Crippen molar-refractivity contribution in [3.8, 4) is 0 Å². The van der Waals surface area contributed by atoms with E-state index in [4.69, 9.17) is 14.2 Å². The van der Waals surface area contributed by atoms with E-state index in [1.165, 1.54) is 0 Å². The zero-order valence-corrected chi connectivity index (χ0v) is 17.5. The maximum Gasteiger partial charge on any atom is 0.413 e. The van der Waals surface area contributed by atoms with E-state index < -0.39 is 23.0 Å². The maximum absolute atomic E-state index is 13.0. The Kier molecular flexibility index (Phi) is 6.38. The molecule has 0 spiro atoms. The molecule has 1 saturated heterocycles. The van der Waals surface area contributed by atoms with Crippen LogP contribution in [0.4, 0.5) is 4.79 Å². The number of benzene rings is 1. The lowest BCUT2D eigenvalue weighted by molar-refractivity contribution is -0.104. The normalized spacial score (nSPS) is 21.6. The Labute approximate surface area is 163 Å². The van der Waals surface area contributed by atoms with Crippen LogP contribution in [0.2, 0.25) is 0 Å². The molecule has 0 aliphatic carbocycles. The first-order valence-corrected chi connectivity index (χ1v) is 9.43. The van der Waals surface area contributed by atoms with Crippen LogP contribution in [0.5, 0.6) is 0 Å². The van der Waals surface area contributed by atoms with Crippen molar-refractivity contribution in [3.05, 3.63) is 48.6 Å². The molecule has 1 aliphatic heterocycles. The molecular formula is C22H33NO4. The molecule has 2 rings (SSSR count). The molecule has 0 aromatic heterocycles. The van der Waals surface area contributed by atoms with Gasteiger partial charge in [-0.05, 0) is 53.5 Å². The predicted octanol–water partition coefficient (Wildman–Crippen LogP) is 4.91. The Bertz CT molecular complexity index is 650. The van der Waals surface area contributed by atoms with Crippen molar-refractivity contribution in [2.24, 2.45) is 0 Å². The van der Waals surface area contributed by atoms with Gasteiger partial charge in [-0.15, -0.1) is 6.58 Å². The summed E-state index contributed by atoms with van der Waals surface area (Å²) in [7, 11) is 0. The lowest BCUT2D eigenvalue weighted by atomic mass is 9.91. The van der Waals surface area contributed by atoms with Crippen LogP contribution in [0.1, 0.15) is 53.5 Å². The average Bonchev–Trinajstić information content (AvgIpc) is 2.89. The van der Waals surface area contributed by atoms with Crippen LogP contribution in [0.15, 0.2) is 43.0 Å². The molecule has 1 unspecified atom stereocenters. The minimum Gasteiger partial charge on any atom is -0.444 e. The lowest BCUT2D eigenvalue weighted by Gasteiger charge is -2.42. The molecule has 1 heterocycles. The Morgan fingerprint density at radius 1 is 1.30 bits per heavy atom. The van der Waals surface area contributed by atoms with Gasteiger partial charge in [-0.1, -0.05) is 36.4 Å². The van der Waals surface area contributed by atoms with Gasteiger partial charge in [0.05, 0.1) is 24.9 Å².